The quantitative estimate of drug-likeness (QED) is 0.432. The lowest BCUT2D eigenvalue weighted by atomic mass is 10.2. The molecule has 1 amide bonds. The summed E-state index contributed by atoms with van der Waals surface area (Å²) < 4.78 is 4.47. The monoisotopic (exact) mass is 331 g/mol. The van der Waals surface area contributed by atoms with Crippen LogP contribution in [-0.4, -0.2) is 42.5 Å². The molecule has 1 rings (SSSR count). The number of methoxy groups -OCH3 is 1. The van der Waals surface area contributed by atoms with Gasteiger partial charge in [0.1, 0.15) is 0 Å². The molecule has 0 aliphatic heterocycles. The van der Waals surface area contributed by atoms with Gasteiger partial charge in [0.25, 0.3) is 0 Å². The standard InChI is InChI=1S/C14H18ClNO4S/c1-20-14(19)12(9-17)16-13(18)3-2-8-21-11-6-4-10(15)5-7-11/h4-7,12,17H,2-3,8-9H2,1H3,(H,16,18). The number of nitrogens with one attached hydrogen (secondary N) is 1. The predicted molar refractivity (Wildman–Crippen MR) is 82.4 cm³/mol. The van der Waals surface area contributed by atoms with Gasteiger partial charge in [0.2, 0.25) is 5.91 Å². The Bertz CT molecular complexity index is 467. The highest BCUT2D eigenvalue weighted by atomic mass is 35.5. The first-order valence-electron chi connectivity index (χ1n) is 6.43. The average molecular weight is 332 g/mol. The van der Waals surface area contributed by atoms with Crippen molar-refractivity contribution in [2.75, 3.05) is 19.5 Å². The molecule has 1 unspecified atom stereocenters. The maximum Gasteiger partial charge on any atom is 0.330 e. The Kier molecular flexibility index (Phi) is 8.19. The molecule has 116 valence electrons. The van der Waals surface area contributed by atoms with Crippen molar-refractivity contribution in [3.63, 3.8) is 0 Å². The van der Waals surface area contributed by atoms with Gasteiger partial charge in [-0.3, -0.25) is 4.79 Å². The van der Waals surface area contributed by atoms with Crippen molar-refractivity contribution in [1.29, 1.82) is 0 Å². The van der Waals surface area contributed by atoms with E-state index < -0.39 is 18.6 Å². The number of hydrogen-bond acceptors (Lipinski definition) is 5. The molecule has 0 radical (unpaired) electrons. The zero-order valence-corrected chi connectivity index (χ0v) is 13.2. The van der Waals surface area contributed by atoms with E-state index in [1.807, 2.05) is 24.3 Å². The molecule has 1 aromatic rings. The minimum Gasteiger partial charge on any atom is -0.467 e. The van der Waals surface area contributed by atoms with Crippen molar-refractivity contribution >= 4 is 35.2 Å². The van der Waals surface area contributed by atoms with E-state index in [-0.39, 0.29) is 12.3 Å². The Balaban J connectivity index is 2.24. The number of aliphatic hydroxyl groups excluding tert-OH is 1. The summed E-state index contributed by atoms with van der Waals surface area (Å²) in [6.45, 7) is -0.474. The second-order valence-corrected chi connectivity index (χ2v) is 5.84. The molecule has 5 nitrogen and oxygen atoms in total. The lowest BCUT2D eigenvalue weighted by Gasteiger charge is -2.13. The second-order valence-electron chi connectivity index (χ2n) is 4.23. The zero-order chi connectivity index (χ0) is 15.7. The van der Waals surface area contributed by atoms with Gasteiger partial charge in [-0.2, -0.15) is 0 Å². The first-order chi connectivity index (χ1) is 10.1. The van der Waals surface area contributed by atoms with E-state index in [1.165, 1.54) is 7.11 Å². The summed E-state index contributed by atoms with van der Waals surface area (Å²) in [5.74, 6) is -0.158. The zero-order valence-electron chi connectivity index (χ0n) is 11.7. The van der Waals surface area contributed by atoms with E-state index in [1.54, 1.807) is 11.8 Å². The fourth-order valence-corrected chi connectivity index (χ4v) is 2.52. The van der Waals surface area contributed by atoms with Gasteiger partial charge >= 0.3 is 5.97 Å². The summed E-state index contributed by atoms with van der Waals surface area (Å²) in [6.07, 6.45) is 0.951. The van der Waals surface area contributed by atoms with E-state index in [4.69, 9.17) is 16.7 Å². The molecular formula is C14H18ClNO4S. The van der Waals surface area contributed by atoms with E-state index in [2.05, 4.69) is 10.1 Å². The molecular weight excluding hydrogens is 314 g/mol. The highest BCUT2D eigenvalue weighted by Gasteiger charge is 2.19. The van der Waals surface area contributed by atoms with Crippen LogP contribution >= 0.6 is 23.4 Å². The van der Waals surface area contributed by atoms with E-state index in [9.17, 15) is 9.59 Å². The third kappa shape index (κ3) is 6.84. The van der Waals surface area contributed by atoms with E-state index in [0.717, 1.165) is 10.6 Å². The topological polar surface area (TPSA) is 75.6 Å². The largest absolute Gasteiger partial charge is 0.467 e. The van der Waals surface area contributed by atoms with Crippen LogP contribution < -0.4 is 5.32 Å². The lowest BCUT2D eigenvalue weighted by Crippen LogP contribution is -2.43. The molecule has 1 aromatic carbocycles. The molecule has 0 fully saturated rings. The van der Waals surface area contributed by atoms with E-state index >= 15 is 0 Å². The minimum absolute atomic E-state index is 0.281. The van der Waals surface area contributed by atoms with Gasteiger partial charge in [-0.15, -0.1) is 11.8 Å². The van der Waals surface area contributed by atoms with Crippen LogP contribution in [0.4, 0.5) is 0 Å². The summed E-state index contributed by atoms with van der Waals surface area (Å²) in [6, 6.07) is 6.49. The number of benzene rings is 1. The number of carbonyl (C=O) groups excluding carboxylic acids is 2. The van der Waals surface area contributed by atoms with Crippen LogP contribution in [0.25, 0.3) is 0 Å². The predicted octanol–water partition coefficient (Wildman–Crippen LogP) is 1.86. The van der Waals surface area contributed by atoms with Crippen LogP contribution in [0.1, 0.15) is 12.8 Å². The number of thioether (sulfide) groups is 1. The molecule has 0 spiro atoms. The lowest BCUT2D eigenvalue weighted by molar-refractivity contribution is -0.146. The second kappa shape index (κ2) is 9.65. The highest BCUT2D eigenvalue weighted by Crippen LogP contribution is 2.21. The number of ether oxygens (including phenoxy) is 1. The number of halogens is 1. The molecule has 0 aliphatic carbocycles. The van der Waals surface area contributed by atoms with Crippen molar-refractivity contribution in [3.05, 3.63) is 29.3 Å². The Morgan fingerprint density at radius 2 is 2.05 bits per heavy atom. The van der Waals surface area contributed by atoms with Gasteiger partial charge in [0.05, 0.1) is 13.7 Å². The Labute approximate surface area is 133 Å². The molecule has 0 bridgehead atoms. The van der Waals surface area contributed by atoms with Crippen molar-refractivity contribution in [1.82, 2.24) is 5.32 Å². The summed E-state index contributed by atoms with van der Waals surface area (Å²) in [5.41, 5.74) is 0. The summed E-state index contributed by atoms with van der Waals surface area (Å²) in [5, 5.41) is 12.1. The third-order valence-corrected chi connectivity index (χ3v) is 3.98. The molecule has 0 saturated heterocycles. The fraction of sp³-hybridized carbons (Fsp3) is 0.429. The Hall–Kier alpha value is -1.24. The Morgan fingerprint density at radius 1 is 1.38 bits per heavy atom. The molecule has 0 saturated carbocycles. The van der Waals surface area contributed by atoms with Crippen molar-refractivity contribution in [2.45, 2.75) is 23.8 Å². The number of aliphatic hydroxyl groups is 1. The van der Waals surface area contributed by atoms with Crippen molar-refractivity contribution < 1.29 is 19.4 Å². The maximum atomic E-state index is 11.6. The third-order valence-electron chi connectivity index (χ3n) is 2.63. The average Bonchev–Trinajstić information content (AvgIpc) is 2.50. The van der Waals surface area contributed by atoms with Gasteiger partial charge in [-0.1, -0.05) is 11.6 Å². The number of rotatable bonds is 8. The minimum atomic E-state index is -0.994. The number of hydrogen-bond donors (Lipinski definition) is 2. The maximum absolute atomic E-state index is 11.6. The van der Waals surface area contributed by atoms with Crippen molar-refractivity contribution in [2.24, 2.45) is 0 Å². The molecule has 0 heterocycles. The van der Waals surface area contributed by atoms with Crippen molar-refractivity contribution in [3.8, 4) is 0 Å². The molecule has 21 heavy (non-hydrogen) atoms. The van der Waals surface area contributed by atoms with Gasteiger partial charge in [0.15, 0.2) is 6.04 Å². The smallest absolute Gasteiger partial charge is 0.330 e. The number of amides is 1. The van der Waals surface area contributed by atoms with Crippen LogP contribution in [0.3, 0.4) is 0 Å². The van der Waals surface area contributed by atoms with Gasteiger partial charge in [0, 0.05) is 16.3 Å². The first kappa shape index (κ1) is 17.8. The molecule has 1 atom stereocenters. The summed E-state index contributed by atoms with van der Waals surface area (Å²) >= 11 is 7.42. The SMILES string of the molecule is COC(=O)C(CO)NC(=O)CCCSc1ccc(Cl)cc1. The molecule has 2 N–H and O–H groups in total. The van der Waals surface area contributed by atoms with Crippen LogP contribution in [0.15, 0.2) is 29.2 Å². The highest BCUT2D eigenvalue weighted by molar-refractivity contribution is 7.99. The number of esters is 1. The summed E-state index contributed by atoms with van der Waals surface area (Å²) in [4.78, 5) is 23.9. The molecule has 7 heteroatoms. The van der Waals surface area contributed by atoms with Crippen LogP contribution in [0.5, 0.6) is 0 Å². The van der Waals surface area contributed by atoms with Crippen LogP contribution in [-0.2, 0) is 14.3 Å². The Morgan fingerprint density at radius 3 is 2.62 bits per heavy atom. The number of carbonyl (C=O) groups is 2. The first-order valence-corrected chi connectivity index (χ1v) is 7.79. The van der Waals surface area contributed by atoms with Gasteiger partial charge in [-0.25, -0.2) is 4.79 Å². The normalized spacial score (nSPS) is 11.8. The van der Waals surface area contributed by atoms with Gasteiger partial charge < -0.3 is 15.2 Å². The fourth-order valence-electron chi connectivity index (χ4n) is 1.54. The van der Waals surface area contributed by atoms with Gasteiger partial charge in [-0.05, 0) is 36.4 Å². The van der Waals surface area contributed by atoms with Crippen LogP contribution in [0, 0.1) is 0 Å². The molecule has 0 aliphatic rings. The summed E-state index contributed by atoms with van der Waals surface area (Å²) in [7, 11) is 1.21. The van der Waals surface area contributed by atoms with Crippen LogP contribution in [0.2, 0.25) is 5.02 Å². The van der Waals surface area contributed by atoms with E-state index in [0.29, 0.717) is 11.4 Å². The molecule has 0 aromatic heterocycles.